The van der Waals surface area contributed by atoms with Crippen molar-refractivity contribution in [1.82, 2.24) is 14.8 Å². The summed E-state index contributed by atoms with van der Waals surface area (Å²) in [5.41, 5.74) is 4.30. The van der Waals surface area contributed by atoms with E-state index in [1.165, 1.54) is 0 Å². The van der Waals surface area contributed by atoms with E-state index < -0.39 is 0 Å². The monoisotopic (exact) mass is 363 g/mol. The number of aromatic nitrogens is 1. The molecule has 0 bridgehead atoms. The van der Waals surface area contributed by atoms with Gasteiger partial charge in [0.15, 0.2) is 0 Å². The highest BCUT2D eigenvalue weighted by molar-refractivity contribution is 6.07. The third-order valence-electron chi connectivity index (χ3n) is 4.65. The number of carbonyl (C=O) groups is 1. The number of pyridine rings is 1. The van der Waals surface area contributed by atoms with Crippen LogP contribution in [0.5, 0.6) is 0 Å². The molecule has 0 saturated carbocycles. The van der Waals surface area contributed by atoms with Crippen molar-refractivity contribution in [2.75, 3.05) is 38.7 Å². The molecule has 3 heterocycles. The standard InChI is InChI=1S/C20H21N5O2/c1-24-8-10-25(11-9-24)20(26)17-13-19(22-18-7-3-2-6-16(17)18)23-21-14-15-5-4-12-27-15/h2-7,12-14H,8-11H2,1H3,(H,22,23)/b21-14+. The zero-order valence-electron chi connectivity index (χ0n) is 15.1. The SMILES string of the molecule is CN1CCN(C(=O)c2cc(N/N=C/c3ccco3)nc3ccccc23)CC1. The quantitative estimate of drug-likeness (QED) is 0.570. The van der Waals surface area contributed by atoms with Gasteiger partial charge in [0.2, 0.25) is 0 Å². The number of carbonyl (C=O) groups excluding carboxylic acids is 1. The lowest BCUT2D eigenvalue weighted by Gasteiger charge is -2.32. The van der Waals surface area contributed by atoms with Gasteiger partial charge in [-0.2, -0.15) is 5.10 Å². The van der Waals surface area contributed by atoms with E-state index in [1.54, 1.807) is 30.7 Å². The molecule has 0 spiro atoms. The number of furan rings is 1. The van der Waals surface area contributed by atoms with Gasteiger partial charge in [-0.1, -0.05) is 18.2 Å². The minimum atomic E-state index is 0.0276. The molecule has 1 fully saturated rings. The van der Waals surface area contributed by atoms with Gasteiger partial charge < -0.3 is 14.2 Å². The molecule has 0 radical (unpaired) electrons. The van der Waals surface area contributed by atoms with Crippen molar-refractivity contribution in [3.63, 3.8) is 0 Å². The number of rotatable bonds is 4. The maximum absolute atomic E-state index is 13.1. The highest BCUT2D eigenvalue weighted by Gasteiger charge is 2.22. The second-order valence-electron chi connectivity index (χ2n) is 6.55. The smallest absolute Gasteiger partial charge is 0.254 e. The van der Waals surface area contributed by atoms with Crippen LogP contribution in [0.4, 0.5) is 5.82 Å². The first-order valence-corrected chi connectivity index (χ1v) is 8.91. The Balaban J connectivity index is 1.63. The lowest BCUT2D eigenvalue weighted by atomic mass is 10.1. The van der Waals surface area contributed by atoms with Crippen LogP contribution in [0.25, 0.3) is 10.9 Å². The third-order valence-corrected chi connectivity index (χ3v) is 4.65. The van der Waals surface area contributed by atoms with Crippen LogP contribution in [0, 0.1) is 0 Å². The Hall–Kier alpha value is -3.19. The van der Waals surface area contributed by atoms with E-state index in [0.717, 1.165) is 37.1 Å². The number of fused-ring (bicyclic) bond motifs is 1. The summed E-state index contributed by atoms with van der Waals surface area (Å²) in [6, 6.07) is 13.0. The molecule has 3 aromatic rings. The fourth-order valence-corrected chi connectivity index (χ4v) is 3.12. The Morgan fingerprint density at radius 2 is 2.00 bits per heavy atom. The van der Waals surface area contributed by atoms with E-state index in [-0.39, 0.29) is 5.91 Å². The average molecular weight is 363 g/mol. The molecule has 4 rings (SSSR count). The summed E-state index contributed by atoms with van der Waals surface area (Å²) in [4.78, 5) is 21.8. The first-order chi connectivity index (χ1) is 13.2. The van der Waals surface area contributed by atoms with Crippen molar-refractivity contribution in [1.29, 1.82) is 0 Å². The minimum absolute atomic E-state index is 0.0276. The molecule has 1 aliphatic heterocycles. The Morgan fingerprint density at radius 3 is 2.78 bits per heavy atom. The zero-order valence-corrected chi connectivity index (χ0v) is 15.1. The van der Waals surface area contributed by atoms with Crippen LogP contribution in [0.2, 0.25) is 0 Å². The van der Waals surface area contributed by atoms with Gasteiger partial charge in [-0.3, -0.25) is 10.2 Å². The van der Waals surface area contributed by atoms with E-state index in [9.17, 15) is 4.79 Å². The highest BCUT2D eigenvalue weighted by Crippen LogP contribution is 2.23. The minimum Gasteiger partial charge on any atom is -0.463 e. The molecular formula is C20H21N5O2. The second-order valence-corrected chi connectivity index (χ2v) is 6.55. The van der Waals surface area contributed by atoms with Gasteiger partial charge in [0, 0.05) is 31.6 Å². The van der Waals surface area contributed by atoms with Crippen molar-refractivity contribution in [3.05, 3.63) is 60.1 Å². The van der Waals surface area contributed by atoms with E-state index in [1.807, 2.05) is 29.2 Å². The normalized spacial score (nSPS) is 15.5. The summed E-state index contributed by atoms with van der Waals surface area (Å²) in [6.07, 6.45) is 3.15. The number of hydrogen-bond donors (Lipinski definition) is 1. The van der Waals surface area contributed by atoms with Crippen molar-refractivity contribution >= 4 is 28.8 Å². The third kappa shape index (κ3) is 3.83. The highest BCUT2D eigenvalue weighted by atomic mass is 16.3. The lowest BCUT2D eigenvalue weighted by Crippen LogP contribution is -2.47. The number of hydrazone groups is 1. The molecule has 1 aliphatic rings. The number of piperazine rings is 1. The molecule has 1 aromatic carbocycles. The molecule has 7 nitrogen and oxygen atoms in total. The van der Waals surface area contributed by atoms with Crippen LogP contribution in [-0.4, -0.2) is 60.1 Å². The summed E-state index contributed by atoms with van der Waals surface area (Å²) < 4.78 is 5.22. The number of likely N-dealkylation sites (N-methyl/N-ethyl adjacent to an activating group) is 1. The number of nitrogens with one attached hydrogen (secondary N) is 1. The van der Waals surface area contributed by atoms with Gasteiger partial charge in [0.25, 0.3) is 5.91 Å². The Kier molecular flexibility index (Phi) is 4.84. The topological polar surface area (TPSA) is 74.0 Å². The largest absolute Gasteiger partial charge is 0.463 e. The summed E-state index contributed by atoms with van der Waals surface area (Å²) in [5.74, 6) is 1.19. The van der Waals surface area contributed by atoms with Gasteiger partial charge in [-0.15, -0.1) is 0 Å². The fourth-order valence-electron chi connectivity index (χ4n) is 3.12. The zero-order chi connectivity index (χ0) is 18.6. The van der Waals surface area contributed by atoms with Gasteiger partial charge in [-0.25, -0.2) is 4.98 Å². The predicted molar refractivity (Wildman–Crippen MR) is 105 cm³/mol. The predicted octanol–water partition coefficient (Wildman–Crippen LogP) is 2.66. The maximum atomic E-state index is 13.1. The van der Waals surface area contributed by atoms with Crippen LogP contribution in [-0.2, 0) is 0 Å². The van der Waals surface area contributed by atoms with Gasteiger partial charge in [0.05, 0.1) is 23.6 Å². The summed E-state index contributed by atoms with van der Waals surface area (Å²) in [5, 5.41) is 5.00. The van der Waals surface area contributed by atoms with Crippen LogP contribution in [0.15, 0.2) is 58.2 Å². The van der Waals surface area contributed by atoms with Crippen LogP contribution in [0.3, 0.4) is 0 Å². The number of amides is 1. The molecule has 0 atom stereocenters. The molecule has 138 valence electrons. The van der Waals surface area contributed by atoms with Crippen LogP contribution < -0.4 is 5.43 Å². The average Bonchev–Trinajstić information content (AvgIpc) is 3.21. The summed E-state index contributed by atoms with van der Waals surface area (Å²) in [7, 11) is 2.07. The van der Waals surface area contributed by atoms with Crippen molar-refractivity contribution in [2.45, 2.75) is 0 Å². The molecule has 0 unspecified atom stereocenters. The molecule has 27 heavy (non-hydrogen) atoms. The van der Waals surface area contributed by atoms with E-state index >= 15 is 0 Å². The Bertz CT molecular complexity index is 960. The number of anilines is 1. The first kappa shape index (κ1) is 17.2. The molecule has 7 heteroatoms. The maximum Gasteiger partial charge on any atom is 0.254 e. The summed E-state index contributed by atoms with van der Waals surface area (Å²) >= 11 is 0. The van der Waals surface area contributed by atoms with Gasteiger partial charge in [0.1, 0.15) is 11.6 Å². The van der Waals surface area contributed by atoms with Crippen molar-refractivity contribution in [3.8, 4) is 0 Å². The fraction of sp³-hybridized carbons (Fsp3) is 0.250. The number of hydrogen-bond acceptors (Lipinski definition) is 6. The Labute approximate surface area is 157 Å². The van der Waals surface area contributed by atoms with Crippen LogP contribution >= 0.6 is 0 Å². The molecule has 0 aliphatic carbocycles. The van der Waals surface area contributed by atoms with Crippen LogP contribution in [0.1, 0.15) is 16.1 Å². The van der Waals surface area contributed by atoms with E-state index in [4.69, 9.17) is 4.42 Å². The molecular weight excluding hydrogens is 342 g/mol. The van der Waals surface area contributed by atoms with Gasteiger partial charge in [-0.05, 0) is 31.3 Å². The lowest BCUT2D eigenvalue weighted by molar-refractivity contribution is 0.0666. The summed E-state index contributed by atoms with van der Waals surface area (Å²) in [6.45, 7) is 3.22. The van der Waals surface area contributed by atoms with Gasteiger partial charge >= 0.3 is 0 Å². The first-order valence-electron chi connectivity index (χ1n) is 8.91. The molecule has 1 N–H and O–H groups in total. The molecule has 1 amide bonds. The van der Waals surface area contributed by atoms with E-state index in [0.29, 0.717) is 17.1 Å². The molecule has 1 saturated heterocycles. The molecule has 2 aromatic heterocycles. The number of benzene rings is 1. The Morgan fingerprint density at radius 1 is 1.19 bits per heavy atom. The second kappa shape index (κ2) is 7.59. The number of para-hydroxylation sites is 1. The van der Waals surface area contributed by atoms with E-state index in [2.05, 4.69) is 27.5 Å². The number of nitrogens with zero attached hydrogens (tertiary/aromatic N) is 4. The van der Waals surface area contributed by atoms with Crippen molar-refractivity contribution in [2.24, 2.45) is 5.10 Å². The van der Waals surface area contributed by atoms with Crippen molar-refractivity contribution < 1.29 is 9.21 Å².